The summed E-state index contributed by atoms with van der Waals surface area (Å²) in [6.45, 7) is 6.51. The van der Waals surface area contributed by atoms with Crippen molar-refractivity contribution in [2.24, 2.45) is 5.73 Å². The van der Waals surface area contributed by atoms with Gasteiger partial charge in [0.25, 0.3) is 0 Å². The summed E-state index contributed by atoms with van der Waals surface area (Å²) >= 11 is 0. The second-order valence-electron chi connectivity index (χ2n) is 4.95. The van der Waals surface area contributed by atoms with Crippen molar-refractivity contribution >= 4 is 0 Å². The van der Waals surface area contributed by atoms with E-state index in [9.17, 15) is 0 Å². The Morgan fingerprint density at radius 2 is 2.07 bits per heavy atom. The van der Waals surface area contributed by atoms with Gasteiger partial charge in [0.05, 0.1) is 5.69 Å². The summed E-state index contributed by atoms with van der Waals surface area (Å²) in [5, 5.41) is 0. The molecule has 0 atom stereocenters. The topological polar surface area (TPSA) is 38.9 Å². The lowest BCUT2D eigenvalue weighted by Crippen LogP contribution is -2.44. The fourth-order valence-electron chi connectivity index (χ4n) is 2.14. The molecule has 1 saturated carbocycles. The van der Waals surface area contributed by atoms with E-state index in [1.54, 1.807) is 0 Å². The molecule has 0 unspecified atom stereocenters. The highest BCUT2D eigenvalue weighted by Crippen LogP contribution is 2.49. The van der Waals surface area contributed by atoms with Gasteiger partial charge in [0.1, 0.15) is 0 Å². The van der Waals surface area contributed by atoms with Crippen molar-refractivity contribution < 1.29 is 0 Å². The third-order valence-electron chi connectivity index (χ3n) is 3.63. The van der Waals surface area contributed by atoms with Crippen LogP contribution in [0.4, 0.5) is 0 Å². The lowest BCUT2D eigenvalue weighted by molar-refractivity contribution is 0.379. The lowest BCUT2D eigenvalue weighted by Gasteiger charge is -2.32. The van der Waals surface area contributed by atoms with E-state index in [4.69, 9.17) is 5.73 Å². The van der Waals surface area contributed by atoms with Crippen molar-refractivity contribution in [1.29, 1.82) is 0 Å². The standard InChI is InChI=1S/C12H18N2/c1-9-5-4-8-14-10(9)11(2,3)12(13)6-7-12/h4-5,8H,6-7,13H2,1-3H3. The zero-order chi connectivity index (χ0) is 10.4. The minimum absolute atomic E-state index is 0.00164. The summed E-state index contributed by atoms with van der Waals surface area (Å²) in [6, 6.07) is 4.08. The maximum atomic E-state index is 6.29. The van der Waals surface area contributed by atoms with Crippen molar-refractivity contribution in [3.05, 3.63) is 29.6 Å². The molecule has 0 saturated heterocycles. The molecule has 0 radical (unpaired) electrons. The highest BCUT2D eigenvalue weighted by molar-refractivity contribution is 5.32. The third kappa shape index (κ3) is 1.25. The molecule has 0 aromatic carbocycles. The largest absolute Gasteiger partial charge is 0.324 e. The third-order valence-corrected chi connectivity index (χ3v) is 3.63. The Hall–Kier alpha value is -0.890. The molecule has 76 valence electrons. The molecular formula is C12H18N2. The minimum Gasteiger partial charge on any atom is -0.324 e. The van der Waals surface area contributed by atoms with Gasteiger partial charge in [-0.25, -0.2) is 0 Å². The quantitative estimate of drug-likeness (QED) is 0.776. The van der Waals surface area contributed by atoms with Crippen LogP contribution in [-0.2, 0) is 5.41 Å². The average Bonchev–Trinajstić information content (AvgIpc) is 2.86. The molecule has 2 nitrogen and oxygen atoms in total. The molecule has 2 rings (SSSR count). The Labute approximate surface area is 85.5 Å². The van der Waals surface area contributed by atoms with Crippen LogP contribution in [0.2, 0.25) is 0 Å². The van der Waals surface area contributed by atoms with Gasteiger partial charge in [-0.15, -0.1) is 0 Å². The number of nitrogens with two attached hydrogens (primary N) is 1. The summed E-state index contributed by atoms with van der Waals surface area (Å²) in [6.07, 6.45) is 4.10. The van der Waals surface area contributed by atoms with Crippen LogP contribution in [0.3, 0.4) is 0 Å². The number of aryl methyl sites for hydroxylation is 1. The van der Waals surface area contributed by atoms with Crippen LogP contribution in [0.15, 0.2) is 18.3 Å². The van der Waals surface area contributed by atoms with Gasteiger partial charge in [-0.3, -0.25) is 4.98 Å². The van der Waals surface area contributed by atoms with E-state index in [0.29, 0.717) is 0 Å². The van der Waals surface area contributed by atoms with Crippen LogP contribution in [0, 0.1) is 6.92 Å². The van der Waals surface area contributed by atoms with Crippen LogP contribution in [0.1, 0.15) is 37.9 Å². The fraction of sp³-hybridized carbons (Fsp3) is 0.583. The van der Waals surface area contributed by atoms with Crippen molar-refractivity contribution in [3.63, 3.8) is 0 Å². The second-order valence-corrected chi connectivity index (χ2v) is 4.95. The molecule has 0 amide bonds. The Morgan fingerprint density at radius 1 is 1.43 bits per heavy atom. The lowest BCUT2D eigenvalue weighted by atomic mass is 9.77. The number of hydrogen-bond acceptors (Lipinski definition) is 2. The van der Waals surface area contributed by atoms with Crippen LogP contribution in [0.5, 0.6) is 0 Å². The van der Waals surface area contributed by atoms with Crippen molar-refractivity contribution in [2.75, 3.05) is 0 Å². The Balaban J connectivity index is 2.44. The first-order chi connectivity index (χ1) is 6.47. The fourth-order valence-corrected chi connectivity index (χ4v) is 2.14. The highest BCUT2D eigenvalue weighted by atomic mass is 14.9. The van der Waals surface area contributed by atoms with E-state index in [-0.39, 0.29) is 11.0 Å². The monoisotopic (exact) mass is 190 g/mol. The SMILES string of the molecule is Cc1cccnc1C(C)(C)C1(N)CC1. The molecule has 1 heterocycles. The van der Waals surface area contributed by atoms with E-state index >= 15 is 0 Å². The van der Waals surface area contributed by atoms with Crippen molar-refractivity contribution in [3.8, 4) is 0 Å². The Morgan fingerprint density at radius 3 is 2.57 bits per heavy atom. The first-order valence-electron chi connectivity index (χ1n) is 5.18. The molecule has 1 aliphatic rings. The van der Waals surface area contributed by atoms with Crippen molar-refractivity contribution in [1.82, 2.24) is 4.98 Å². The van der Waals surface area contributed by atoms with Gasteiger partial charge in [-0.05, 0) is 31.4 Å². The molecule has 0 aliphatic heterocycles. The molecule has 14 heavy (non-hydrogen) atoms. The molecule has 1 fully saturated rings. The number of pyridine rings is 1. The smallest absolute Gasteiger partial charge is 0.0507 e. The van der Waals surface area contributed by atoms with Gasteiger partial charge in [0, 0.05) is 17.2 Å². The molecule has 2 N–H and O–H groups in total. The predicted octanol–water partition coefficient (Wildman–Crippen LogP) is 2.16. The van der Waals surface area contributed by atoms with Gasteiger partial charge in [-0.1, -0.05) is 19.9 Å². The Kier molecular flexibility index (Phi) is 1.93. The number of aromatic nitrogens is 1. The van der Waals surface area contributed by atoms with E-state index < -0.39 is 0 Å². The van der Waals surface area contributed by atoms with Gasteiger partial charge < -0.3 is 5.73 Å². The van der Waals surface area contributed by atoms with Crippen LogP contribution >= 0.6 is 0 Å². The maximum absolute atomic E-state index is 6.29. The summed E-state index contributed by atoms with van der Waals surface area (Å²) < 4.78 is 0. The van der Waals surface area contributed by atoms with Gasteiger partial charge in [0.2, 0.25) is 0 Å². The summed E-state index contributed by atoms with van der Waals surface area (Å²) in [5.41, 5.74) is 8.66. The Bertz CT molecular complexity index is 351. The average molecular weight is 190 g/mol. The normalized spacial score (nSPS) is 19.4. The number of nitrogens with zero attached hydrogens (tertiary/aromatic N) is 1. The van der Waals surface area contributed by atoms with Crippen molar-refractivity contribution in [2.45, 2.75) is 44.6 Å². The summed E-state index contributed by atoms with van der Waals surface area (Å²) in [7, 11) is 0. The molecule has 1 aromatic heterocycles. The number of hydrogen-bond donors (Lipinski definition) is 1. The van der Waals surface area contributed by atoms with E-state index in [2.05, 4.69) is 31.8 Å². The highest BCUT2D eigenvalue weighted by Gasteiger charge is 2.52. The van der Waals surface area contributed by atoms with E-state index in [0.717, 1.165) is 18.5 Å². The van der Waals surface area contributed by atoms with Gasteiger partial charge >= 0.3 is 0 Å². The molecule has 2 heteroatoms. The van der Waals surface area contributed by atoms with Crippen LogP contribution < -0.4 is 5.73 Å². The molecule has 1 aromatic rings. The first-order valence-corrected chi connectivity index (χ1v) is 5.18. The van der Waals surface area contributed by atoms with Crippen LogP contribution in [-0.4, -0.2) is 10.5 Å². The van der Waals surface area contributed by atoms with Crippen LogP contribution in [0.25, 0.3) is 0 Å². The van der Waals surface area contributed by atoms with E-state index in [1.165, 1.54) is 5.56 Å². The molecular weight excluding hydrogens is 172 g/mol. The zero-order valence-corrected chi connectivity index (χ0v) is 9.17. The first kappa shape index (κ1) is 9.66. The van der Waals surface area contributed by atoms with E-state index in [1.807, 2.05) is 12.3 Å². The predicted molar refractivity (Wildman–Crippen MR) is 58.2 cm³/mol. The molecule has 1 aliphatic carbocycles. The zero-order valence-electron chi connectivity index (χ0n) is 9.17. The van der Waals surface area contributed by atoms with Gasteiger partial charge in [0.15, 0.2) is 0 Å². The maximum Gasteiger partial charge on any atom is 0.0507 e. The molecule has 0 spiro atoms. The summed E-state index contributed by atoms with van der Waals surface area (Å²) in [5.74, 6) is 0. The van der Waals surface area contributed by atoms with Gasteiger partial charge in [-0.2, -0.15) is 0 Å². The second kappa shape index (κ2) is 2.80. The molecule has 0 bridgehead atoms. The summed E-state index contributed by atoms with van der Waals surface area (Å²) in [4.78, 5) is 4.48. The number of rotatable bonds is 2. The minimum atomic E-state index is -0.0217.